The molecule has 0 aliphatic carbocycles. The Kier molecular flexibility index (Phi) is 4.84. The van der Waals surface area contributed by atoms with Gasteiger partial charge in [0.15, 0.2) is 0 Å². The molecule has 0 radical (unpaired) electrons. The van der Waals surface area contributed by atoms with Crippen molar-refractivity contribution >= 4 is 0 Å². The van der Waals surface area contributed by atoms with E-state index >= 15 is 0 Å². The third-order valence-electron chi connectivity index (χ3n) is 3.40. The molecule has 20 heavy (non-hydrogen) atoms. The molecule has 2 rings (SSSR count). The highest BCUT2D eigenvalue weighted by atomic mass is 15.3. The molecule has 2 heterocycles. The Morgan fingerprint density at radius 1 is 1.30 bits per heavy atom. The Morgan fingerprint density at radius 3 is 2.75 bits per heavy atom. The average molecular weight is 273 g/mol. The van der Waals surface area contributed by atoms with Crippen molar-refractivity contribution in [1.29, 1.82) is 0 Å². The number of nitrogens with zero attached hydrogens (tertiary/aromatic N) is 4. The zero-order valence-corrected chi connectivity index (χ0v) is 12.7. The molecule has 5 nitrogen and oxygen atoms in total. The standard InChI is InChI=1S/C15H23N5/c1-5-7-20-10-12(9-17-20)15(16-4)13-8-11(3)18-19-14(13)6-2/h8-10,15-16H,5-7H2,1-4H3. The van der Waals surface area contributed by atoms with Gasteiger partial charge >= 0.3 is 0 Å². The summed E-state index contributed by atoms with van der Waals surface area (Å²) in [4.78, 5) is 0. The second kappa shape index (κ2) is 6.61. The topological polar surface area (TPSA) is 55.6 Å². The van der Waals surface area contributed by atoms with Crippen LogP contribution in [0.25, 0.3) is 0 Å². The van der Waals surface area contributed by atoms with Crippen molar-refractivity contribution in [3.63, 3.8) is 0 Å². The molecule has 0 bridgehead atoms. The normalized spacial score (nSPS) is 12.6. The van der Waals surface area contributed by atoms with Gasteiger partial charge in [0.1, 0.15) is 0 Å². The molecular formula is C15H23N5. The Hall–Kier alpha value is -1.75. The molecule has 0 spiro atoms. The van der Waals surface area contributed by atoms with Gasteiger partial charge in [-0.3, -0.25) is 4.68 Å². The summed E-state index contributed by atoms with van der Waals surface area (Å²) < 4.78 is 1.99. The molecular weight excluding hydrogens is 250 g/mol. The van der Waals surface area contributed by atoms with E-state index in [-0.39, 0.29) is 6.04 Å². The number of hydrogen-bond acceptors (Lipinski definition) is 4. The van der Waals surface area contributed by atoms with Crippen LogP contribution < -0.4 is 5.32 Å². The van der Waals surface area contributed by atoms with Gasteiger partial charge in [0.25, 0.3) is 0 Å². The zero-order valence-electron chi connectivity index (χ0n) is 12.7. The SMILES string of the molecule is CCCn1cc(C(NC)c2cc(C)nnc2CC)cn1. The lowest BCUT2D eigenvalue weighted by Gasteiger charge is -2.17. The first-order chi connectivity index (χ1) is 9.69. The molecule has 1 N–H and O–H groups in total. The van der Waals surface area contributed by atoms with Crippen LogP contribution in [0.2, 0.25) is 0 Å². The van der Waals surface area contributed by atoms with Crippen molar-refractivity contribution in [2.45, 2.75) is 46.2 Å². The highest BCUT2D eigenvalue weighted by molar-refractivity contribution is 5.32. The third-order valence-corrected chi connectivity index (χ3v) is 3.40. The van der Waals surface area contributed by atoms with E-state index in [0.717, 1.165) is 30.8 Å². The summed E-state index contributed by atoms with van der Waals surface area (Å²) in [6.45, 7) is 7.19. The fraction of sp³-hybridized carbons (Fsp3) is 0.533. The second-order valence-corrected chi connectivity index (χ2v) is 5.00. The van der Waals surface area contributed by atoms with Crippen LogP contribution in [0.15, 0.2) is 18.5 Å². The molecule has 2 aromatic heterocycles. The van der Waals surface area contributed by atoms with Gasteiger partial charge in [-0.1, -0.05) is 13.8 Å². The van der Waals surface area contributed by atoms with Crippen LogP contribution in [-0.2, 0) is 13.0 Å². The molecule has 5 heteroatoms. The van der Waals surface area contributed by atoms with E-state index in [2.05, 4.69) is 46.7 Å². The van der Waals surface area contributed by atoms with E-state index in [0.29, 0.717) is 0 Å². The van der Waals surface area contributed by atoms with Crippen LogP contribution in [0.3, 0.4) is 0 Å². The van der Waals surface area contributed by atoms with Crippen molar-refractivity contribution in [3.8, 4) is 0 Å². The summed E-state index contributed by atoms with van der Waals surface area (Å²) in [5.74, 6) is 0. The molecule has 0 saturated heterocycles. The summed E-state index contributed by atoms with van der Waals surface area (Å²) in [6.07, 6.45) is 6.01. The summed E-state index contributed by atoms with van der Waals surface area (Å²) in [5.41, 5.74) is 4.35. The van der Waals surface area contributed by atoms with E-state index < -0.39 is 0 Å². The van der Waals surface area contributed by atoms with Crippen LogP contribution in [0, 0.1) is 6.92 Å². The van der Waals surface area contributed by atoms with Crippen LogP contribution >= 0.6 is 0 Å². The minimum absolute atomic E-state index is 0.116. The Bertz CT molecular complexity index is 561. The van der Waals surface area contributed by atoms with Crippen LogP contribution in [0.5, 0.6) is 0 Å². The summed E-state index contributed by atoms with van der Waals surface area (Å²) >= 11 is 0. The van der Waals surface area contributed by atoms with Gasteiger partial charge in [-0.15, -0.1) is 0 Å². The molecule has 0 fully saturated rings. The lowest BCUT2D eigenvalue weighted by molar-refractivity contribution is 0.600. The Labute approximate surface area is 120 Å². The fourth-order valence-electron chi connectivity index (χ4n) is 2.44. The minimum atomic E-state index is 0.116. The fourth-order valence-corrected chi connectivity index (χ4v) is 2.44. The Morgan fingerprint density at radius 2 is 2.10 bits per heavy atom. The first-order valence-electron chi connectivity index (χ1n) is 7.22. The maximum Gasteiger partial charge on any atom is 0.0679 e. The van der Waals surface area contributed by atoms with Crippen LogP contribution in [0.1, 0.15) is 48.8 Å². The van der Waals surface area contributed by atoms with Crippen molar-refractivity contribution in [1.82, 2.24) is 25.3 Å². The van der Waals surface area contributed by atoms with Crippen molar-refractivity contribution in [3.05, 3.63) is 41.0 Å². The minimum Gasteiger partial charge on any atom is -0.309 e. The number of hydrogen-bond donors (Lipinski definition) is 1. The zero-order chi connectivity index (χ0) is 14.5. The second-order valence-electron chi connectivity index (χ2n) is 5.00. The lowest BCUT2D eigenvalue weighted by Crippen LogP contribution is -2.20. The van der Waals surface area contributed by atoms with Gasteiger partial charge < -0.3 is 5.32 Å². The predicted molar refractivity (Wildman–Crippen MR) is 79.6 cm³/mol. The average Bonchev–Trinajstić information content (AvgIpc) is 2.89. The molecule has 2 aromatic rings. The van der Waals surface area contributed by atoms with Gasteiger partial charge in [-0.2, -0.15) is 15.3 Å². The first kappa shape index (κ1) is 14.7. The van der Waals surface area contributed by atoms with E-state index in [1.165, 1.54) is 11.1 Å². The quantitative estimate of drug-likeness (QED) is 0.877. The van der Waals surface area contributed by atoms with Gasteiger partial charge in [0.2, 0.25) is 0 Å². The van der Waals surface area contributed by atoms with E-state index in [1.807, 2.05) is 24.9 Å². The largest absolute Gasteiger partial charge is 0.309 e. The van der Waals surface area contributed by atoms with Crippen LogP contribution in [-0.4, -0.2) is 27.0 Å². The molecule has 0 amide bonds. The molecule has 1 atom stereocenters. The highest BCUT2D eigenvalue weighted by Gasteiger charge is 2.18. The number of aromatic nitrogens is 4. The molecule has 1 unspecified atom stereocenters. The summed E-state index contributed by atoms with van der Waals surface area (Å²) in [7, 11) is 1.97. The van der Waals surface area contributed by atoms with Crippen molar-refractivity contribution in [2.75, 3.05) is 7.05 Å². The summed E-state index contributed by atoms with van der Waals surface area (Å²) in [5, 5.41) is 16.3. The third kappa shape index (κ3) is 3.04. The van der Waals surface area contributed by atoms with Gasteiger partial charge in [0.05, 0.1) is 23.6 Å². The predicted octanol–water partition coefficient (Wildman–Crippen LogP) is 2.26. The van der Waals surface area contributed by atoms with E-state index in [9.17, 15) is 0 Å². The molecule has 108 valence electrons. The number of rotatable bonds is 6. The smallest absolute Gasteiger partial charge is 0.0679 e. The molecule has 0 saturated carbocycles. The maximum absolute atomic E-state index is 4.42. The summed E-state index contributed by atoms with van der Waals surface area (Å²) in [6, 6.07) is 2.23. The van der Waals surface area contributed by atoms with Crippen molar-refractivity contribution in [2.24, 2.45) is 0 Å². The molecule has 0 aromatic carbocycles. The first-order valence-corrected chi connectivity index (χ1v) is 7.22. The molecule has 0 aliphatic rings. The number of nitrogens with one attached hydrogen (secondary N) is 1. The van der Waals surface area contributed by atoms with Gasteiger partial charge in [-0.25, -0.2) is 0 Å². The van der Waals surface area contributed by atoms with Gasteiger partial charge in [0, 0.05) is 18.3 Å². The van der Waals surface area contributed by atoms with E-state index in [1.54, 1.807) is 0 Å². The number of aryl methyl sites for hydroxylation is 3. The molecule has 0 aliphatic heterocycles. The van der Waals surface area contributed by atoms with E-state index in [4.69, 9.17) is 0 Å². The van der Waals surface area contributed by atoms with Crippen molar-refractivity contribution < 1.29 is 0 Å². The van der Waals surface area contributed by atoms with Gasteiger partial charge in [-0.05, 0) is 38.4 Å². The highest BCUT2D eigenvalue weighted by Crippen LogP contribution is 2.24. The monoisotopic (exact) mass is 273 g/mol. The lowest BCUT2D eigenvalue weighted by atomic mass is 9.99. The van der Waals surface area contributed by atoms with Crippen LogP contribution in [0.4, 0.5) is 0 Å². The Balaban J connectivity index is 2.38. The maximum atomic E-state index is 4.42.